The number of rotatable bonds is 6. The summed E-state index contributed by atoms with van der Waals surface area (Å²) in [5, 5.41) is 17.9. The van der Waals surface area contributed by atoms with Crippen molar-refractivity contribution in [3.8, 4) is 23.0 Å². The van der Waals surface area contributed by atoms with Crippen molar-refractivity contribution in [2.75, 3.05) is 0 Å². The monoisotopic (exact) mass is 486 g/mol. The number of carboxylic acids is 2. The average Bonchev–Trinajstić information content (AvgIpc) is 2.73. The first kappa shape index (κ1) is 22.1. The molecule has 0 unspecified atom stereocenters. The predicted octanol–water partition coefficient (Wildman–Crippen LogP) is 7.28. The van der Waals surface area contributed by atoms with Gasteiger partial charge in [-0.3, -0.25) is 0 Å². The Hall–Kier alpha value is -2.64. The largest absolute Gasteiger partial charge is 0.478 e. The lowest BCUT2D eigenvalue weighted by atomic mass is 10.2. The van der Waals surface area contributed by atoms with Crippen molar-refractivity contribution in [1.29, 1.82) is 0 Å². The molecule has 30 heavy (non-hydrogen) atoms. The summed E-state index contributed by atoms with van der Waals surface area (Å²) in [6, 6.07) is 11.2. The van der Waals surface area contributed by atoms with Gasteiger partial charge in [-0.15, -0.1) is 0 Å². The Balaban J connectivity index is 2.11. The van der Waals surface area contributed by atoms with Gasteiger partial charge < -0.3 is 19.7 Å². The molecule has 0 atom stereocenters. The minimum atomic E-state index is -1.15. The van der Waals surface area contributed by atoms with Gasteiger partial charge in [0.25, 0.3) is 0 Å². The lowest BCUT2D eigenvalue weighted by molar-refractivity contribution is 0.0685. The molecule has 0 saturated carbocycles. The molecule has 3 aromatic rings. The van der Waals surface area contributed by atoms with E-state index < -0.39 is 11.9 Å². The van der Waals surface area contributed by atoms with Crippen LogP contribution >= 0.6 is 46.4 Å². The number of hydrogen-bond donors (Lipinski definition) is 2. The van der Waals surface area contributed by atoms with Crippen LogP contribution in [0.25, 0.3) is 0 Å². The Bertz CT molecular complexity index is 1070. The molecule has 3 rings (SSSR count). The molecule has 0 amide bonds. The highest BCUT2D eigenvalue weighted by atomic mass is 35.5. The SMILES string of the molecule is O=C(O)c1cccc(Oc2c(Cl)c(Cl)c(Cl)c(Cl)c2Oc2cccc(C(=O)O)c2)c1. The normalized spacial score (nSPS) is 10.5. The summed E-state index contributed by atoms with van der Waals surface area (Å²) in [7, 11) is 0. The van der Waals surface area contributed by atoms with E-state index in [1.807, 2.05) is 0 Å². The molecule has 3 aromatic carbocycles. The van der Waals surface area contributed by atoms with E-state index in [-0.39, 0.29) is 54.2 Å². The maximum absolute atomic E-state index is 11.2. The van der Waals surface area contributed by atoms with E-state index in [0.717, 1.165) is 0 Å². The molecule has 0 bridgehead atoms. The summed E-state index contributed by atoms with van der Waals surface area (Å²) in [5.41, 5.74) is -0.0437. The Labute approximate surface area is 190 Å². The number of benzene rings is 3. The standard InChI is InChI=1S/C20H10Cl4O6/c21-13-14(22)16(24)18(30-12-6-2-4-10(8-12)20(27)28)17(15(13)23)29-11-5-1-3-9(7-11)19(25)26/h1-8H,(H,25,26)(H,27,28). The molecule has 0 radical (unpaired) electrons. The lowest BCUT2D eigenvalue weighted by Gasteiger charge is -2.17. The summed E-state index contributed by atoms with van der Waals surface area (Å²) >= 11 is 24.8. The van der Waals surface area contributed by atoms with Gasteiger partial charge in [-0.2, -0.15) is 0 Å². The summed E-state index contributed by atoms with van der Waals surface area (Å²) in [4.78, 5) is 22.4. The summed E-state index contributed by atoms with van der Waals surface area (Å²) in [5.74, 6) is -2.31. The first-order chi connectivity index (χ1) is 14.2. The zero-order chi connectivity index (χ0) is 22.0. The van der Waals surface area contributed by atoms with Crippen LogP contribution < -0.4 is 9.47 Å². The van der Waals surface area contributed by atoms with Crippen molar-refractivity contribution in [3.05, 3.63) is 79.7 Å². The molecular weight excluding hydrogens is 478 g/mol. The third kappa shape index (κ3) is 4.57. The van der Waals surface area contributed by atoms with Crippen LogP contribution in [0.5, 0.6) is 23.0 Å². The smallest absolute Gasteiger partial charge is 0.335 e. The molecule has 0 aliphatic rings. The highest BCUT2D eigenvalue weighted by molar-refractivity contribution is 6.53. The molecule has 10 heteroatoms. The van der Waals surface area contributed by atoms with Crippen LogP contribution in [-0.2, 0) is 0 Å². The summed E-state index contributed by atoms with van der Waals surface area (Å²) in [6.45, 7) is 0. The van der Waals surface area contributed by atoms with Gasteiger partial charge >= 0.3 is 11.9 Å². The van der Waals surface area contributed by atoms with Crippen LogP contribution in [0.3, 0.4) is 0 Å². The van der Waals surface area contributed by atoms with Crippen molar-refractivity contribution in [2.24, 2.45) is 0 Å². The van der Waals surface area contributed by atoms with Crippen molar-refractivity contribution >= 4 is 58.3 Å². The van der Waals surface area contributed by atoms with Crippen LogP contribution in [0, 0.1) is 0 Å². The van der Waals surface area contributed by atoms with E-state index in [4.69, 9.17) is 66.1 Å². The molecule has 154 valence electrons. The van der Waals surface area contributed by atoms with Crippen molar-refractivity contribution in [3.63, 3.8) is 0 Å². The molecule has 0 saturated heterocycles. The van der Waals surface area contributed by atoms with Crippen LogP contribution in [-0.4, -0.2) is 22.2 Å². The number of carboxylic acid groups (broad SMARTS) is 2. The number of aromatic carboxylic acids is 2. The van der Waals surface area contributed by atoms with Crippen LogP contribution in [0.4, 0.5) is 0 Å². The topological polar surface area (TPSA) is 93.1 Å². The number of halogens is 4. The third-order valence-corrected chi connectivity index (χ3v) is 5.55. The Morgan fingerprint density at radius 3 is 1.33 bits per heavy atom. The van der Waals surface area contributed by atoms with E-state index in [0.29, 0.717) is 0 Å². The second-order valence-corrected chi connectivity index (χ2v) is 7.30. The number of carbonyl (C=O) groups is 2. The molecule has 0 aliphatic heterocycles. The molecule has 0 fully saturated rings. The molecule has 6 nitrogen and oxygen atoms in total. The number of ether oxygens (including phenoxy) is 2. The van der Waals surface area contributed by atoms with Gasteiger partial charge in [-0.25, -0.2) is 9.59 Å². The third-order valence-electron chi connectivity index (χ3n) is 3.78. The Morgan fingerprint density at radius 1 is 0.633 bits per heavy atom. The Morgan fingerprint density at radius 2 is 1.00 bits per heavy atom. The van der Waals surface area contributed by atoms with Crippen LogP contribution in [0.1, 0.15) is 20.7 Å². The van der Waals surface area contributed by atoms with Gasteiger partial charge in [0.1, 0.15) is 21.5 Å². The van der Waals surface area contributed by atoms with Crippen LogP contribution in [0.15, 0.2) is 48.5 Å². The first-order valence-electron chi connectivity index (χ1n) is 8.07. The average molecular weight is 488 g/mol. The lowest BCUT2D eigenvalue weighted by Crippen LogP contribution is -1.99. The Kier molecular flexibility index (Phi) is 6.63. The molecule has 0 spiro atoms. The second-order valence-electron chi connectivity index (χ2n) is 5.78. The van der Waals surface area contributed by atoms with Gasteiger partial charge in [-0.05, 0) is 36.4 Å². The van der Waals surface area contributed by atoms with Crippen LogP contribution in [0.2, 0.25) is 20.1 Å². The minimum Gasteiger partial charge on any atom is -0.478 e. The maximum Gasteiger partial charge on any atom is 0.335 e. The van der Waals surface area contributed by atoms with Gasteiger partial charge in [0.05, 0.1) is 21.2 Å². The molecule has 0 aromatic heterocycles. The van der Waals surface area contributed by atoms with Crippen molar-refractivity contribution in [1.82, 2.24) is 0 Å². The fraction of sp³-hybridized carbons (Fsp3) is 0. The van der Waals surface area contributed by atoms with Gasteiger partial charge in [0.2, 0.25) is 0 Å². The summed E-state index contributed by atoms with van der Waals surface area (Å²) < 4.78 is 11.5. The van der Waals surface area contributed by atoms with Gasteiger partial charge in [0.15, 0.2) is 11.5 Å². The van der Waals surface area contributed by atoms with E-state index >= 15 is 0 Å². The summed E-state index contributed by atoms with van der Waals surface area (Å²) in [6.07, 6.45) is 0. The molecule has 2 N–H and O–H groups in total. The van der Waals surface area contributed by atoms with E-state index in [1.165, 1.54) is 48.5 Å². The van der Waals surface area contributed by atoms with E-state index in [2.05, 4.69) is 0 Å². The highest BCUT2D eigenvalue weighted by Gasteiger charge is 2.25. The predicted molar refractivity (Wildman–Crippen MR) is 113 cm³/mol. The van der Waals surface area contributed by atoms with Crippen molar-refractivity contribution < 1.29 is 29.3 Å². The number of hydrogen-bond acceptors (Lipinski definition) is 4. The van der Waals surface area contributed by atoms with E-state index in [1.54, 1.807) is 0 Å². The maximum atomic E-state index is 11.2. The molecule has 0 aliphatic carbocycles. The quantitative estimate of drug-likeness (QED) is 0.280. The fourth-order valence-electron chi connectivity index (χ4n) is 2.39. The first-order valence-corrected chi connectivity index (χ1v) is 9.58. The fourth-order valence-corrected chi connectivity index (χ4v) is 3.29. The van der Waals surface area contributed by atoms with E-state index in [9.17, 15) is 9.59 Å². The van der Waals surface area contributed by atoms with Gasteiger partial charge in [0, 0.05) is 0 Å². The molecular formula is C20H10Cl4O6. The van der Waals surface area contributed by atoms with Crippen molar-refractivity contribution in [2.45, 2.75) is 0 Å². The second kappa shape index (κ2) is 9.02. The van der Waals surface area contributed by atoms with Gasteiger partial charge in [-0.1, -0.05) is 58.5 Å². The zero-order valence-corrected chi connectivity index (χ0v) is 17.7. The zero-order valence-electron chi connectivity index (χ0n) is 14.7. The molecule has 0 heterocycles. The minimum absolute atomic E-state index is 0.0218. The highest BCUT2D eigenvalue weighted by Crippen LogP contribution is 2.52.